The molecular weight excluding hydrogens is 220 g/mol. The van der Waals surface area contributed by atoms with Crippen LogP contribution in [0.25, 0.3) is 0 Å². The number of nitrogens with zero attached hydrogens (tertiary/aromatic N) is 2. The minimum atomic E-state index is -0.702. The Balaban J connectivity index is 2.25. The second-order valence-corrected chi connectivity index (χ2v) is 4.47. The standard InChI is InChI=1S/C12H18N2O3/c1-2-10-9(12(15)16)5-3-4-7-14(10)11-6-8-17-13-11/h6,8-10H,2-5,7H2,1H3,(H,15,16)/t9-,10+/m0/s1. The van der Waals surface area contributed by atoms with E-state index in [2.05, 4.69) is 10.1 Å². The molecule has 0 spiro atoms. The van der Waals surface area contributed by atoms with Crippen molar-refractivity contribution in [1.82, 2.24) is 5.16 Å². The van der Waals surface area contributed by atoms with E-state index < -0.39 is 5.97 Å². The lowest BCUT2D eigenvalue weighted by Gasteiger charge is -2.32. The number of carboxylic acids is 1. The van der Waals surface area contributed by atoms with E-state index in [1.807, 2.05) is 6.92 Å². The van der Waals surface area contributed by atoms with Gasteiger partial charge < -0.3 is 14.5 Å². The average Bonchev–Trinajstić information content (AvgIpc) is 2.74. The molecule has 0 amide bonds. The van der Waals surface area contributed by atoms with E-state index in [1.165, 1.54) is 6.26 Å². The van der Waals surface area contributed by atoms with Gasteiger partial charge in [0.05, 0.1) is 5.92 Å². The summed E-state index contributed by atoms with van der Waals surface area (Å²) in [6.07, 6.45) is 5.06. The summed E-state index contributed by atoms with van der Waals surface area (Å²) in [6.45, 7) is 2.88. The highest BCUT2D eigenvalue weighted by atomic mass is 16.5. The molecule has 1 aromatic rings. The Kier molecular flexibility index (Phi) is 3.66. The quantitative estimate of drug-likeness (QED) is 0.873. The van der Waals surface area contributed by atoms with Crippen molar-refractivity contribution < 1.29 is 14.4 Å². The molecule has 0 bridgehead atoms. The van der Waals surface area contributed by atoms with Crippen molar-refractivity contribution in [1.29, 1.82) is 0 Å². The number of carboxylic acid groups (broad SMARTS) is 1. The summed E-state index contributed by atoms with van der Waals surface area (Å²) in [7, 11) is 0. The van der Waals surface area contributed by atoms with Crippen molar-refractivity contribution >= 4 is 11.8 Å². The SMILES string of the molecule is CC[C@@H]1[C@@H](C(=O)O)CCCCN1c1ccon1. The summed E-state index contributed by atoms with van der Waals surface area (Å²) in [6, 6.07) is 1.81. The van der Waals surface area contributed by atoms with E-state index in [4.69, 9.17) is 4.52 Å². The zero-order valence-electron chi connectivity index (χ0n) is 10.0. The van der Waals surface area contributed by atoms with E-state index in [0.29, 0.717) is 0 Å². The van der Waals surface area contributed by atoms with Gasteiger partial charge in [-0.05, 0) is 19.3 Å². The fraction of sp³-hybridized carbons (Fsp3) is 0.667. The van der Waals surface area contributed by atoms with Gasteiger partial charge in [0, 0.05) is 18.7 Å². The van der Waals surface area contributed by atoms with Crippen LogP contribution in [-0.4, -0.2) is 28.8 Å². The van der Waals surface area contributed by atoms with E-state index >= 15 is 0 Å². The first-order valence-electron chi connectivity index (χ1n) is 6.14. The number of hydrogen-bond donors (Lipinski definition) is 1. The fourth-order valence-electron chi connectivity index (χ4n) is 2.65. The monoisotopic (exact) mass is 238 g/mol. The molecule has 1 fully saturated rings. The second-order valence-electron chi connectivity index (χ2n) is 4.47. The Labute approximate surface area is 100 Å². The van der Waals surface area contributed by atoms with Crippen LogP contribution < -0.4 is 4.90 Å². The summed E-state index contributed by atoms with van der Waals surface area (Å²) in [5, 5.41) is 13.2. The lowest BCUT2D eigenvalue weighted by atomic mass is 9.93. The normalized spacial score (nSPS) is 25.6. The van der Waals surface area contributed by atoms with E-state index in [1.54, 1.807) is 6.07 Å². The van der Waals surface area contributed by atoms with Gasteiger partial charge in [0.15, 0.2) is 5.82 Å². The third kappa shape index (κ3) is 2.43. The number of anilines is 1. The smallest absolute Gasteiger partial charge is 0.308 e. The predicted molar refractivity (Wildman–Crippen MR) is 62.9 cm³/mol. The summed E-state index contributed by atoms with van der Waals surface area (Å²) in [5.74, 6) is -0.253. The van der Waals surface area contributed by atoms with Gasteiger partial charge in [0.2, 0.25) is 0 Å². The lowest BCUT2D eigenvalue weighted by Crippen LogP contribution is -2.42. The Morgan fingerprint density at radius 2 is 2.47 bits per heavy atom. The topological polar surface area (TPSA) is 66.6 Å². The van der Waals surface area contributed by atoms with Gasteiger partial charge >= 0.3 is 5.97 Å². The van der Waals surface area contributed by atoms with Crippen LogP contribution >= 0.6 is 0 Å². The molecular formula is C12H18N2O3. The number of rotatable bonds is 3. The van der Waals surface area contributed by atoms with Gasteiger partial charge in [-0.15, -0.1) is 0 Å². The van der Waals surface area contributed by atoms with Gasteiger partial charge in [-0.25, -0.2) is 0 Å². The Bertz CT molecular complexity index is 364. The molecule has 5 nitrogen and oxygen atoms in total. The van der Waals surface area contributed by atoms with Crippen LogP contribution in [0.5, 0.6) is 0 Å². The molecule has 1 aliphatic heterocycles. The first-order valence-corrected chi connectivity index (χ1v) is 6.14. The van der Waals surface area contributed by atoms with Crippen LogP contribution in [0.4, 0.5) is 5.82 Å². The van der Waals surface area contributed by atoms with Crippen molar-refractivity contribution in [2.75, 3.05) is 11.4 Å². The molecule has 0 aliphatic carbocycles. The molecule has 94 valence electrons. The second kappa shape index (κ2) is 5.21. The van der Waals surface area contributed by atoms with Crippen LogP contribution in [0.3, 0.4) is 0 Å². The van der Waals surface area contributed by atoms with Gasteiger partial charge in [0.1, 0.15) is 6.26 Å². The summed E-state index contributed by atoms with van der Waals surface area (Å²) in [5.41, 5.74) is 0. The van der Waals surface area contributed by atoms with Crippen LogP contribution in [-0.2, 0) is 4.79 Å². The lowest BCUT2D eigenvalue weighted by molar-refractivity contribution is -0.142. The molecule has 0 saturated carbocycles. The zero-order chi connectivity index (χ0) is 12.3. The Morgan fingerprint density at radius 1 is 1.65 bits per heavy atom. The minimum absolute atomic E-state index is 0.0140. The molecule has 0 radical (unpaired) electrons. The van der Waals surface area contributed by atoms with Crippen LogP contribution in [0.15, 0.2) is 16.9 Å². The summed E-state index contributed by atoms with van der Waals surface area (Å²) in [4.78, 5) is 13.4. The van der Waals surface area contributed by atoms with E-state index in [9.17, 15) is 9.90 Å². The molecule has 17 heavy (non-hydrogen) atoms. The zero-order valence-corrected chi connectivity index (χ0v) is 10.0. The van der Waals surface area contributed by atoms with Crippen LogP contribution in [0.2, 0.25) is 0 Å². The molecule has 0 unspecified atom stereocenters. The van der Waals surface area contributed by atoms with Gasteiger partial charge in [0.25, 0.3) is 0 Å². The van der Waals surface area contributed by atoms with Gasteiger partial charge in [-0.2, -0.15) is 0 Å². The molecule has 1 saturated heterocycles. The van der Waals surface area contributed by atoms with Crippen LogP contribution in [0, 0.1) is 5.92 Å². The van der Waals surface area contributed by atoms with E-state index in [0.717, 1.165) is 38.0 Å². The summed E-state index contributed by atoms with van der Waals surface area (Å²) < 4.78 is 4.86. The first kappa shape index (κ1) is 12.0. The van der Waals surface area contributed by atoms with Crippen molar-refractivity contribution in [2.24, 2.45) is 5.92 Å². The molecule has 1 aliphatic rings. The molecule has 1 aromatic heterocycles. The fourth-order valence-corrected chi connectivity index (χ4v) is 2.65. The number of carbonyl (C=O) groups is 1. The molecule has 0 aromatic carbocycles. The van der Waals surface area contributed by atoms with E-state index in [-0.39, 0.29) is 12.0 Å². The highest BCUT2D eigenvalue weighted by molar-refractivity contribution is 5.71. The van der Waals surface area contributed by atoms with Gasteiger partial charge in [-0.1, -0.05) is 18.5 Å². The highest BCUT2D eigenvalue weighted by Gasteiger charge is 2.34. The van der Waals surface area contributed by atoms with Crippen LogP contribution in [0.1, 0.15) is 32.6 Å². The van der Waals surface area contributed by atoms with Crippen molar-refractivity contribution in [3.8, 4) is 0 Å². The number of aromatic nitrogens is 1. The van der Waals surface area contributed by atoms with Crippen molar-refractivity contribution in [3.05, 3.63) is 12.3 Å². The Hall–Kier alpha value is -1.52. The van der Waals surface area contributed by atoms with Crippen molar-refractivity contribution in [3.63, 3.8) is 0 Å². The number of aliphatic carboxylic acids is 1. The molecule has 5 heteroatoms. The third-order valence-corrected chi connectivity index (χ3v) is 3.48. The molecule has 2 heterocycles. The summed E-state index contributed by atoms with van der Waals surface area (Å²) >= 11 is 0. The highest BCUT2D eigenvalue weighted by Crippen LogP contribution is 2.29. The first-order chi connectivity index (χ1) is 8.24. The molecule has 1 N–H and O–H groups in total. The maximum atomic E-state index is 11.3. The maximum absolute atomic E-state index is 11.3. The average molecular weight is 238 g/mol. The molecule has 2 atom stereocenters. The predicted octanol–water partition coefficient (Wildman–Crippen LogP) is 2.14. The van der Waals surface area contributed by atoms with Crippen molar-refractivity contribution in [2.45, 2.75) is 38.6 Å². The van der Waals surface area contributed by atoms with Gasteiger partial charge in [-0.3, -0.25) is 4.79 Å². The molecule has 2 rings (SSSR count). The number of hydrogen-bond acceptors (Lipinski definition) is 4. The third-order valence-electron chi connectivity index (χ3n) is 3.48. The minimum Gasteiger partial charge on any atom is -0.481 e. The Morgan fingerprint density at radius 3 is 3.06 bits per heavy atom. The maximum Gasteiger partial charge on any atom is 0.308 e. The largest absolute Gasteiger partial charge is 0.481 e.